The smallest absolute Gasteiger partial charge is 0.250 e. The minimum Gasteiger partial charge on any atom is -0.383 e. The molecule has 0 radical (unpaired) electrons. The number of likely N-dealkylation sites (N-methyl/N-ethyl adjacent to an activating group) is 1. The highest BCUT2D eigenvalue weighted by Gasteiger charge is 2.53. The Labute approximate surface area is 129 Å². The van der Waals surface area contributed by atoms with E-state index in [-0.39, 0.29) is 17.9 Å². The third kappa shape index (κ3) is 2.44. The second-order valence-corrected chi connectivity index (χ2v) is 5.29. The van der Waals surface area contributed by atoms with Gasteiger partial charge in [-0.1, -0.05) is 6.58 Å². The second kappa shape index (κ2) is 6.37. The fourth-order valence-corrected chi connectivity index (χ4v) is 3.33. The van der Waals surface area contributed by atoms with Gasteiger partial charge in [0.2, 0.25) is 11.8 Å². The van der Waals surface area contributed by atoms with Gasteiger partial charge in [0.15, 0.2) is 5.66 Å². The Morgan fingerprint density at radius 2 is 2.41 bits per heavy atom. The van der Waals surface area contributed by atoms with E-state index in [2.05, 4.69) is 22.1 Å². The molecule has 1 fully saturated rings. The molecular weight excluding hydrogens is 286 g/mol. The Bertz CT molecular complexity index is 545. The van der Waals surface area contributed by atoms with E-state index < -0.39 is 11.6 Å². The van der Waals surface area contributed by atoms with Gasteiger partial charge in [0, 0.05) is 19.6 Å². The van der Waals surface area contributed by atoms with Crippen LogP contribution in [-0.2, 0) is 14.3 Å². The van der Waals surface area contributed by atoms with Crippen LogP contribution in [0.5, 0.6) is 0 Å². The van der Waals surface area contributed by atoms with Crippen molar-refractivity contribution in [2.45, 2.75) is 18.1 Å². The maximum atomic E-state index is 12.0. The number of amides is 2. The summed E-state index contributed by atoms with van der Waals surface area (Å²) in [5.74, 6) is -0.925. The Morgan fingerprint density at radius 3 is 2.95 bits per heavy atom. The van der Waals surface area contributed by atoms with Crippen LogP contribution in [0.1, 0.15) is 6.42 Å². The third-order valence-electron chi connectivity index (χ3n) is 4.34. The summed E-state index contributed by atoms with van der Waals surface area (Å²) in [5, 5.41) is 11.2. The molecule has 2 aliphatic heterocycles. The molecule has 0 bridgehead atoms. The van der Waals surface area contributed by atoms with Gasteiger partial charge in [-0.25, -0.2) is 0 Å². The molecule has 2 rings (SSSR count). The van der Waals surface area contributed by atoms with Crippen LogP contribution in [0, 0.1) is 5.92 Å². The summed E-state index contributed by atoms with van der Waals surface area (Å²) in [6.07, 6.45) is 3.30. The molecule has 0 aromatic rings. The first-order valence-electron chi connectivity index (χ1n) is 7.05. The predicted octanol–water partition coefficient (Wildman–Crippen LogP) is -0.213. The number of carbonyl (C=O) groups excluding carboxylic acids is 2. The van der Waals surface area contributed by atoms with Gasteiger partial charge in [-0.15, -0.1) is 0 Å². The van der Waals surface area contributed by atoms with Crippen LogP contribution in [0.25, 0.3) is 0 Å². The van der Waals surface area contributed by atoms with E-state index in [4.69, 9.17) is 10.5 Å². The largest absolute Gasteiger partial charge is 0.383 e. The average molecular weight is 307 g/mol. The quantitative estimate of drug-likeness (QED) is 0.661. The topological polar surface area (TPSA) is 109 Å². The maximum Gasteiger partial charge on any atom is 0.250 e. The molecule has 22 heavy (non-hydrogen) atoms. The summed E-state index contributed by atoms with van der Waals surface area (Å²) < 4.78 is 5.26. The molecule has 2 heterocycles. The molecule has 2 amide bonds. The number of rotatable bonds is 6. The first kappa shape index (κ1) is 16.3. The minimum absolute atomic E-state index is 0.171. The number of carbonyl (C=O) groups is 2. The first-order chi connectivity index (χ1) is 10.5. The number of hydrogen-bond donors (Lipinski definition) is 2. The number of methoxy groups -OCH3 is 1. The van der Waals surface area contributed by atoms with Crippen molar-refractivity contribution >= 4 is 11.8 Å². The number of primary amides is 1. The van der Waals surface area contributed by atoms with Crippen LogP contribution in [0.2, 0.25) is 0 Å². The van der Waals surface area contributed by atoms with Gasteiger partial charge in [0.25, 0.3) is 0 Å². The van der Waals surface area contributed by atoms with Crippen LogP contribution in [0.15, 0.2) is 34.7 Å². The summed E-state index contributed by atoms with van der Waals surface area (Å²) in [5.41, 5.74) is 4.74. The van der Waals surface area contributed by atoms with Gasteiger partial charge in [0.1, 0.15) is 0 Å². The second-order valence-electron chi connectivity index (χ2n) is 5.29. The van der Waals surface area contributed by atoms with Crippen LogP contribution in [-0.4, -0.2) is 55.7 Å². The lowest BCUT2D eigenvalue weighted by Gasteiger charge is -2.37. The Morgan fingerprint density at radius 1 is 1.68 bits per heavy atom. The van der Waals surface area contributed by atoms with E-state index in [9.17, 15) is 9.59 Å². The normalized spacial score (nSPS) is 30.5. The molecule has 3 N–H and O–H groups in total. The van der Waals surface area contributed by atoms with Gasteiger partial charge >= 0.3 is 0 Å². The van der Waals surface area contributed by atoms with Gasteiger partial charge in [0.05, 0.1) is 24.4 Å². The first-order valence-corrected chi connectivity index (χ1v) is 7.05. The van der Waals surface area contributed by atoms with Gasteiger partial charge in [-0.3, -0.25) is 14.9 Å². The molecular formula is C14H21N5O3. The van der Waals surface area contributed by atoms with Crippen molar-refractivity contribution in [2.75, 3.05) is 27.3 Å². The Balaban J connectivity index is 2.38. The highest BCUT2D eigenvalue weighted by molar-refractivity contribution is 5.95. The number of nitrogens with one attached hydrogen (secondary N) is 1. The third-order valence-corrected chi connectivity index (χ3v) is 4.34. The number of nitrogens with two attached hydrogens (primary N) is 1. The standard InChI is InChI=1S/C14H21N5O3/c1-4-12(20)19-6-5-9(11(19)8-22-3)14(16-2)10(13(15)21)7-17-18-14/h4,7,9,11,16H,1,5-6,8H2,2-3H3,(H2,15,21)/t9-,11?,14+/m0/s1. The summed E-state index contributed by atoms with van der Waals surface area (Å²) in [6, 6.07) is -0.247. The molecule has 0 aromatic carbocycles. The number of azo groups is 1. The zero-order valence-electron chi connectivity index (χ0n) is 12.8. The van der Waals surface area contributed by atoms with E-state index in [1.165, 1.54) is 12.3 Å². The van der Waals surface area contributed by atoms with Crippen molar-refractivity contribution in [3.63, 3.8) is 0 Å². The lowest BCUT2D eigenvalue weighted by Crippen LogP contribution is -2.56. The van der Waals surface area contributed by atoms with Crippen molar-refractivity contribution in [3.8, 4) is 0 Å². The molecule has 0 aliphatic carbocycles. The Hall–Kier alpha value is -2.06. The zero-order valence-corrected chi connectivity index (χ0v) is 12.8. The molecule has 8 nitrogen and oxygen atoms in total. The molecule has 120 valence electrons. The van der Waals surface area contributed by atoms with Crippen LogP contribution < -0.4 is 11.1 Å². The molecule has 3 atom stereocenters. The van der Waals surface area contributed by atoms with E-state index in [0.29, 0.717) is 25.1 Å². The van der Waals surface area contributed by atoms with Crippen molar-refractivity contribution < 1.29 is 14.3 Å². The molecule has 0 aromatic heterocycles. The Kier molecular flexibility index (Phi) is 4.72. The van der Waals surface area contributed by atoms with E-state index in [1.807, 2.05) is 0 Å². The lowest BCUT2D eigenvalue weighted by atomic mass is 9.81. The summed E-state index contributed by atoms with van der Waals surface area (Å²) in [7, 11) is 3.27. The maximum absolute atomic E-state index is 12.0. The monoisotopic (exact) mass is 307 g/mol. The van der Waals surface area contributed by atoms with Crippen LogP contribution >= 0.6 is 0 Å². The number of nitrogens with zero attached hydrogens (tertiary/aromatic N) is 3. The van der Waals surface area contributed by atoms with Crippen molar-refractivity contribution in [1.82, 2.24) is 10.2 Å². The molecule has 8 heteroatoms. The SMILES string of the molecule is C=CC(=O)N1CC[C@H]([C@@]2(NC)N=NC=C2C(N)=O)C1COC. The zero-order chi connectivity index (χ0) is 16.3. The minimum atomic E-state index is -1.02. The van der Waals surface area contributed by atoms with Crippen molar-refractivity contribution in [1.29, 1.82) is 0 Å². The van der Waals surface area contributed by atoms with Gasteiger partial charge in [-0.2, -0.15) is 10.2 Å². The van der Waals surface area contributed by atoms with E-state index in [0.717, 1.165) is 0 Å². The summed E-state index contributed by atoms with van der Waals surface area (Å²) in [4.78, 5) is 25.5. The molecule has 1 unspecified atom stereocenters. The number of ether oxygens (including phenoxy) is 1. The van der Waals surface area contributed by atoms with Gasteiger partial charge in [-0.05, 0) is 19.5 Å². The van der Waals surface area contributed by atoms with Crippen molar-refractivity contribution in [2.24, 2.45) is 21.9 Å². The van der Waals surface area contributed by atoms with Gasteiger partial charge < -0.3 is 15.4 Å². The molecule has 0 saturated carbocycles. The molecule has 0 spiro atoms. The van der Waals surface area contributed by atoms with E-state index in [1.54, 1.807) is 19.1 Å². The lowest BCUT2D eigenvalue weighted by molar-refractivity contribution is -0.128. The average Bonchev–Trinajstić information content (AvgIpc) is 3.11. The van der Waals surface area contributed by atoms with Crippen LogP contribution in [0.3, 0.4) is 0 Å². The predicted molar refractivity (Wildman–Crippen MR) is 79.6 cm³/mol. The number of likely N-dealkylation sites (tertiary alicyclic amines) is 1. The van der Waals surface area contributed by atoms with Crippen LogP contribution in [0.4, 0.5) is 0 Å². The fourth-order valence-electron chi connectivity index (χ4n) is 3.33. The fraction of sp³-hybridized carbons (Fsp3) is 0.571. The molecule has 2 aliphatic rings. The molecule has 1 saturated heterocycles. The van der Waals surface area contributed by atoms with E-state index >= 15 is 0 Å². The number of hydrogen-bond acceptors (Lipinski definition) is 6. The summed E-state index contributed by atoms with van der Waals surface area (Å²) in [6.45, 7) is 4.39. The summed E-state index contributed by atoms with van der Waals surface area (Å²) >= 11 is 0. The van der Waals surface area contributed by atoms with Crippen molar-refractivity contribution in [3.05, 3.63) is 24.4 Å². The highest BCUT2D eigenvalue weighted by atomic mass is 16.5. The highest BCUT2D eigenvalue weighted by Crippen LogP contribution is 2.41.